The van der Waals surface area contributed by atoms with Crippen molar-refractivity contribution in [3.63, 3.8) is 0 Å². The van der Waals surface area contributed by atoms with Crippen molar-refractivity contribution in [3.8, 4) is 0 Å². The zero-order valence-corrected chi connectivity index (χ0v) is 10.8. The van der Waals surface area contributed by atoms with E-state index in [-0.39, 0.29) is 6.04 Å². The second-order valence-electron chi connectivity index (χ2n) is 4.57. The number of fused-ring (bicyclic) bond motifs is 1. The van der Waals surface area contributed by atoms with Crippen LogP contribution in [0.5, 0.6) is 0 Å². The number of thiazole rings is 1. The topological polar surface area (TPSA) is 24.9 Å². The molecule has 0 saturated heterocycles. The number of aryl methyl sites for hydroxylation is 2. The zero-order valence-electron chi connectivity index (χ0n) is 9.94. The third-order valence-electron chi connectivity index (χ3n) is 3.30. The molecule has 2 nitrogen and oxygen atoms in total. The van der Waals surface area contributed by atoms with Crippen LogP contribution in [0.15, 0.2) is 29.8 Å². The lowest BCUT2D eigenvalue weighted by Gasteiger charge is -2.13. The molecule has 0 radical (unpaired) electrons. The van der Waals surface area contributed by atoms with Gasteiger partial charge in [-0.15, -0.1) is 11.3 Å². The van der Waals surface area contributed by atoms with Crippen LogP contribution in [0.4, 0.5) is 5.69 Å². The Morgan fingerprint density at radius 3 is 3.00 bits per heavy atom. The van der Waals surface area contributed by atoms with E-state index in [9.17, 15) is 0 Å². The molecule has 2 aromatic rings. The molecule has 0 bridgehead atoms. The predicted molar refractivity (Wildman–Crippen MR) is 72.6 cm³/mol. The fraction of sp³-hybridized carbons (Fsp3) is 0.357. The Kier molecular flexibility index (Phi) is 2.85. The molecule has 1 N–H and O–H groups in total. The van der Waals surface area contributed by atoms with E-state index in [1.807, 2.05) is 11.6 Å². The summed E-state index contributed by atoms with van der Waals surface area (Å²) in [7, 11) is 0. The third kappa shape index (κ3) is 2.20. The van der Waals surface area contributed by atoms with Crippen molar-refractivity contribution in [1.29, 1.82) is 0 Å². The number of nitrogens with zero attached hydrogens (tertiary/aromatic N) is 1. The molecule has 1 atom stereocenters. The van der Waals surface area contributed by atoms with E-state index >= 15 is 0 Å². The highest BCUT2D eigenvalue weighted by Gasteiger charge is 2.12. The first-order valence-corrected chi connectivity index (χ1v) is 6.98. The molecule has 1 aliphatic carbocycles. The van der Waals surface area contributed by atoms with Crippen LogP contribution in [0.3, 0.4) is 0 Å². The Bertz CT molecular complexity index is 505. The van der Waals surface area contributed by atoms with Crippen molar-refractivity contribution in [2.45, 2.75) is 32.2 Å². The van der Waals surface area contributed by atoms with Gasteiger partial charge in [0.25, 0.3) is 0 Å². The van der Waals surface area contributed by atoms with Crippen LogP contribution in [0.1, 0.15) is 35.5 Å². The molecule has 1 aliphatic rings. The summed E-state index contributed by atoms with van der Waals surface area (Å²) in [4.78, 5) is 4.34. The molecule has 0 aliphatic heterocycles. The van der Waals surface area contributed by atoms with E-state index in [2.05, 4.69) is 35.4 Å². The van der Waals surface area contributed by atoms with Gasteiger partial charge in [-0.1, -0.05) is 6.07 Å². The van der Waals surface area contributed by atoms with Crippen molar-refractivity contribution in [2.24, 2.45) is 0 Å². The summed E-state index contributed by atoms with van der Waals surface area (Å²) >= 11 is 1.70. The lowest BCUT2D eigenvalue weighted by atomic mass is 10.1. The highest BCUT2D eigenvalue weighted by Crippen LogP contribution is 2.27. The van der Waals surface area contributed by atoms with Gasteiger partial charge in [0.15, 0.2) is 0 Å². The van der Waals surface area contributed by atoms with E-state index in [0.29, 0.717) is 0 Å². The summed E-state index contributed by atoms with van der Waals surface area (Å²) in [6.07, 6.45) is 5.65. The Balaban J connectivity index is 1.77. The second-order valence-corrected chi connectivity index (χ2v) is 5.50. The van der Waals surface area contributed by atoms with Gasteiger partial charge in [-0.05, 0) is 49.4 Å². The summed E-state index contributed by atoms with van der Waals surface area (Å²) in [5.74, 6) is 0. The smallest absolute Gasteiger partial charge is 0.115 e. The minimum atomic E-state index is 0.287. The quantitative estimate of drug-likeness (QED) is 0.888. The maximum atomic E-state index is 4.34. The van der Waals surface area contributed by atoms with Gasteiger partial charge in [0.2, 0.25) is 0 Å². The van der Waals surface area contributed by atoms with Gasteiger partial charge in [0.1, 0.15) is 5.01 Å². The molecule has 17 heavy (non-hydrogen) atoms. The molecule has 1 aromatic heterocycles. The van der Waals surface area contributed by atoms with E-state index in [0.717, 1.165) is 5.01 Å². The molecule has 3 heteroatoms. The fourth-order valence-electron chi connectivity index (χ4n) is 2.42. The van der Waals surface area contributed by atoms with Gasteiger partial charge in [-0.2, -0.15) is 0 Å². The molecule has 1 aromatic carbocycles. The normalized spacial score (nSPS) is 15.6. The molecule has 0 spiro atoms. The van der Waals surface area contributed by atoms with E-state index in [4.69, 9.17) is 0 Å². The molecule has 1 heterocycles. The Morgan fingerprint density at radius 2 is 2.18 bits per heavy atom. The molecular weight excluding hydrogens is 228 g/mol. The van der Waals surface area contributed by atoms with Gasteiger partial charge in [-0.25, -0.2) is 4.98 Å². The van der Waals surface area contributed by atoms with Crippen LogP contribution < -0.4 is 5.32 Å². The van der Waals surface area contributed by atoms with Crippen LogP contribution >= 0.6 is 11.3 Å². The number of anilines is 1. The maximum absolute atomic E-state index is 4.34. The molecular formula is C14H16N2S. The summed E-state index contributed by atoms with van der Waals surface area (Å²) in [6.45, 7) is 2.16. The van der Waals surface area contributed by atoms with Gasteiger partial charge < -0.3 is 5.32 Å². The van der Waals surface area contributed by atoms with Crippen LogP contribution in [-0.4, -0.2) is 4.98 Å². The first kappa shape index (κ1) is 10.8. The molecule has 0 amide bonds. The zero-order chi connectivity index (χ0) is 11.7. The van der Waals surface area contributed by atoms with Crippen molar-refractivity contribution < 1.29 is 0 Å². The molecule has 0 saturated carbocycles. The predicted octanol–water partition coefficient (Wildman–Crippen LogP) is 3.80. The van der Waals surface area contributed by atoms with Gasteiger partial charge in [0, 0.05) is 17.3 Å². The van der Waals surface area contributed by atoms with Gasteiger partial charge in [-0.3, -0.25) is 0 Å². The molecule has 1 unspecified atom stereocenters. The van der Waals surface area contributed by atoms with E-state index in [1.165, 1.54) is 36.1 Å². The summed E-state index contributed by atoms with van der Waals surface area (Å²) in [5, 5.41) is 6.69. The first-order chi connectivity index (χ1) is 8.33. The lowest BCUT2D eigenvalue weighted by Crippen LogP contribution is -2.06. The Hall–Kier alpha value is -1.35. The average molecular weight is 244 g/mol. The molecule has 3 rings (SSSR count). The lowest BCUT2D eigenvalue weighted by molar-refractivity contribution is 0.869. The minimum absolute atomic E-state index is 0.287. The third-order valence-corrected chi connectivity index (χ3v) is 4.26. The van der Waals surface area contributed by atoms with E-state index < -0.39 is 0 Å². The largest absolute Gasteiger partial charge is 0.376 e. The standard InChI is InChI=1S/C14H16N2S/c1-10(14-15-7-8-17-14)16-13-6-5-11-3-2-4-12(11)9-13/h5-10,16H,2-4H2,1H3. The van der Waals surface area contributed by atoms with Gasteiger partial charge >= 0.3 is 0 Å². The number of benzene rings is 1. The fourth-order valence-corrected chi connectivity index (χ4v) is 3.07. The van der Waals surface area contributed by atoms with Crippen molar-refractivity contribution in [3.05, 3.63) is 45.9 Å². The second kappa shape index (κ2) is 4.49. The van der Waals surface area contributed by atoms with Crippen molar-refractivity contribution in [2.75, 3.05) is 5.32 Å². The van der Waals surface area contributed by atoms with Crippen LogP contribution in [0.2, 0.25) is 0 Å². The van der Waals surface area contributed by atoms with Crippen molar-refractivity contribution >= 4 is 17.0 Å². The Labute approximate surface area is 106 Å². The van der Waals surface area contributed by atoms with Crippen LogP contribution in [0, 0.1) is 0 Å². The van der Waals surface area contributed by atoms with E-state index in [1.54, 1.807) is 11.3 Å². The number of aromatic nitrogens is 1. The maximum Gasteiger partial charge on any atom is 0.115 e. The number of hydrogen-bond acceptors (Lipinski definition) is 3. The number of hydrogen-bond donors (Lipinski definition) is 1. The number of rotatable bonds is 3. The van der Waals surface area contributed by atoms with Crippen molar-refractivity contribution in [1.82, 2.24) is 4.98 Å². The minimum Gasteiger partial charge on any atom is -0.376 e. The summed E-state index contributed by atoms with van der Waals surface area (Å²) < 4.78 is 0. The first-order valence-electron chi connectivity index (χ1n) is 6.10. The summed E-state index contributed by atoms with van der Waals surface area (Å²) in [6, 6.07) is 7.04. The number of nitrogens with one attached hydrogen (secondary N) is 1. The average Bonchev–Trinajstić information content (AvgIpc) is 2.99. The highest BCUT2D eigenvalue weighted by molar-refractivity contribution is 7.09. The monoisotopic (exact) mass is 244 g/mol. The highest BCUT2D eigenvalue weighted by atomic mass is 32.1. The SMILES string of the molecule is CC(Nc1ccc2c(c1)CCC2)c1nccs1. The van der Waals surface area contributed by atoms with Gasteiger partial charge in [0.05, 0.1) is 6.04 Å². The van der Waals surface area contributed by atoms with Crippen LogP contribution in [-0.2, 0) is 12.8 Å². The summed E-state index contributed by atoms with van der Waals surface area (Å²) in [5.41, 5.74) is 4.26. The Morgan fingerprint density at radius 1 is 1.29 bits per heavy atom. The van der Waals surface area contributed by atoms with Crippen LogP contribution in [0.25, 0.3) is 0 Å². The molecule has 88 valence electrons. The molecule has 0 fully saturated rings.